The number of hydrazine groups is 1. The van der Waals surface area contributed by atoms with Gasteiger partial charge in [-0.3, -0.25) is 10.5 Å². The summed E-state index contributed by atoms with van der Waals surface area (Å²) in [5.74, 6) is 6.55. The van der Waals surface area contributed by atoms with Crippen LogP contribution in [-0.2, 0) is 7.05 Å². The third-order valence-electron chi connectivity index (χ3n) is 4.38. The zero-order chi connectivity index (χ0) is 14.1. The first-order valence-corrected chi connectivity index (χ1v) is 7.25. The number of benzene rings is 1. The largest absolute Gasteiger partial charge is 0.275 e. The van der Waals surface area contributed by atoms with Crippen molar-refractivity contribution in [1.82, 2.24) is 15.2 Å². The van der Waals surface area contributed by atoms with Gasteiger partial charge in [-0.05, 0) is 36.8 Å². The molecule has 4 heteroatoms. The second-order valence-electron chi connectivity index (χ2n) is 5.70. The van der Waals surface area contributed by atoms with Crippen molar-refractivity contribution in [2.24, 2.45) is 12.9 Å². The van der Waals surface area contributed by atoms with Gasteiger partial charge in [-0.2, -0.15) is 5.10 Å². The maximum Gasteiger partial charge on any atom is 0.0746 e. The molecule has 1 aliphatic carbocycles. The maximum atomic E-state index is 5.86. The summed E-state index contributed by atoms with van der Waals surface area (Å²) in [4.78, 5) is 0. The Hall–Kier alpha value is -1.65. The molecule has 106 valence electrons. The number of nitrogens with zero attached hydrogens (tertiary/aromatic N) is 2. The SMILES string of the molecule is Cc1nn(C)cc1C(NN)c1ccccc1C1CCC1. The van der Waals surface area contributed by atoms with Gasteiger partial charge in [0.15, 0.2) is 0 Å². The summed E-state index contributed by atoms with van der Waals surface area (Å²) in [7, 11) is 1.95. The van der Waals surface area contributed by atoms with E-state index >= 15 is 0 Å². The van der Waals surface area contributed by atoms with E-state index in [0.717, 1.165) is 11.3 Å². The van der Waals surface area contributed by atoms with Crippen molar-refractivity contribution < 1.29 is 0 Å². The van der Waals surface area contributed by atoms with Gasteiger partial charge in [0.1, 0.15) is 0 Å². The smallest absolute Gasteiger partial charge is 0.0746 e. The van der Waals surface area contributed by atoms with Crippen LogP contribution in [0.2, 0.25) is 0 Å². The minimum Gasteiger partial charge on any atom is -0.275 e. The van der Waals surface area contributed by atoms with Crippen LogP contribution in [0.1, 0.15) is 53.6 Å². The number of hydrogen-bond donors (Lipinski definition) is 2. The average Bonchev–Trinajstić information content (AvgIpc) is 2.70. The van der Waals surface area contributed by atoms with Crippen LogP contribution in [0.4, 0.5) is 0 Å². The topological polar surface area (TPSA) is 55.9 Å². The van der Waals surface area contributed by atoms with Gasteiger partial charge in [-0.25, -0.2) is 5.43 Å². The van der Waals surface area contributed by atoms with Crippen molar-refractivity contribution in [2.45, 2.75) is 38.1 Å². The predicted molar refractivity (Wildman–Crippen MR) is 80.1 cm³/mol. The lowest BCUT2D eigenvalue weighted by Crippen LogP contribution is -2.30. The Kier molecular flexibility index (Phi) is 3.59. The van der Waals surface area contributed by atoms with Gasteiger partial charge in [0, 0.05) is 18.8 Å². The molecule has 0 radical (unpaired) electrons. The fourth-order valence-corrected chi connectivity index (χ4v) is 3.11. The number of rotatable bonds is 4. The van der Waals surface area contributed by atoms with Gasteiger partial charge in [-0.15, -0.1) is 0 Å². The second kappa shape index (κ2) is 5.38. The number of aromatic nitrogens is 2. The van der Waals surface area contributed by atoms with Gasteiger partial charge in [0.2, 0.25) is 0 Å². The number of hydrogen-bond acceptors (Lipinski definition) is 3. The van der Waals surface area contributed by atoms with Crippen molar-refractivity contribution in [3.63, 3.8) is 0 Å². The molecule has 1 aromatic heterocycles. The van der Waals surface area contributed by atoms with Crippen molar-refractivity contribution in [2.75, 3.05) is 0 Å². The Bertz CT molecular complexity index is 598. The monoisotopic (exact) mass is 270 g/mol. The minimum atomic E-state index is 0.0144. The molecule has 3 N–H and O–H groups in total. The van der Waals surface area contributed by atoms with Gasteiger partial charge >= 0.3 is 0 Å². The number of nitrogens with one attached hydrogen (secondary N) is 1. The molecule has 1 fully saturated rings. The summed E-state index contributed by atoms with van der Waals surface area (Å²) in [6.45, 7) is 2.03. The van der Waals surface area contributed by atoms with Crippen LogP contribution >= 0.6 is 0 Å². The lowest BCUT2D eigenvalue weighted by Gasteiger charge is -2.30. The van der Waals surface area contributed by atoms with E-state index in [0.29, 0.717) is 5.92 Å². The van der Waals surface area contributed by atoms with Crippen LogP contribution < -0.4 is 11.3 Å². The molecule has 0 amide bonds. The highest BCUT2D eigenvalue weighted by atomic mass is 15.3. The molecule has 0 aliphatic heterocycles. The Labute approximate surface area is 120 Å². The normalized spacial score (nSPS) is 16.9. The third-order valence-corrected chi connectivity index (χ3v) is 4.38. The molecule has 1 heterocycles. The van der Waals surface area contributed by atoms with Crippen LogP contribution in [0.5, 0.6) is 0 Å². The van der Waals surface area contributed by atoms with Crippen LogP contribution in [0.15, 0.2) is 30.5 Å². The number of aryl methyl sites for hydroxylation is 2. The second-order valence-corrected chi connectivity index (χ2v) is 5.70. The molecule has 1 unspecified atom stereocenters. The first-order chi connectivity index (χ1) is 9.70. The fourth-order valence-electron chi connectivity index (χ4n) is 3.11. The van der Waals surface area contributed by atoms with Gasteiger partial charge in [0.05, 0.1) is 11.7 Å². The summed E-state index contributed by atoms with van der Waals surface area (Å²) >= 11 is 0. The number of nitrogens with two attached hydrogens (primary N) is 1. The molecule has 0 bridgehead atoms. The average molecular weight is 270 g/mol. The van der Waals surface area contributed by atoms with E-state index in [1.54, 1.807) is 0 Å². The van der Waals surface area contributed by atoms with E-state index in [1.807, 2.05) is 18.7 Å². The first-order valence-electron chi connectivity index (χ1n) is 7.25. The zero-order valence-corrected chi connectivity index (χ0v) is 12.1. The van der Waals surface area contributed by atoms with E-state index in [-0.39, 0.29) is 6.04 Å². The van der Waals surface area contributed by atoms with Crippen LogP contribution in [0.25, 0.3) is 0 Å². The van der Waals surface area contributed by atoms with E-state index in [4.69, 9.17) is 5.84 Å². The summed E-state index contributed by atoms with van der Waals surface area (Å²) in [5.41, 5.74) is 7.88. The van der Waals surface area contributed by atoms with Crippen LogP contribution in [0, 0.1) is 6.92 Å². The standard InChI is InChI=1S/C16H22N4/c1-11-15(10-20(2)19-11)16(18-17)14-9-4-3-8-13(14)12-6-5-7-12/h3-4,8-10,12,16,18H,5-7,17H2,1-2H3. The molecule has 0 saturated heterocycles. The summed E-state index contributed by atoms with van der Waals surface area (Å²) in [5, 5.41) is 4.44. The Morgan fingerprint density at radius 2 is 2.05 bits per heavy atom. The molecule has 1 atom stereocenters. The molecule has 3 rings (SSSR count). The summed E-state index contributed by atoms with van der Waals surface area (Å²) < 4.78 is 1.85. The van der Waals surface area contributed by atoms with Gasteiger partial charge in [0.25, 0.3) is 0 Å². The Morgan fingerprint density at radius 1 is 1.30 bits per heavy atom. The molecular formula is C16H22N4. The molecule has 4 nitrogen and oxygen atoms in total. The first kappa shape index (κ1) is 13.3. The lowest BCUT2D eigenvalue weighted by atomic mass is 9.76. The molecule has 1 saturated carbocycles. The molecule has 2 aromatic rings. The van der Waals surface area contributed by atoms with E-state index < -0.39 is 0 Å². The molecular weight excluding hydrogens is 248 g/mol. The quantitative estimate of drug-likeness (QED) is 0.663. The van der Waals surface area contributed by atoms with E-state index in [9.17, 15) is 0 Å². The molecule has 20 heavy (non-hydrogen) atoms. The van der Waals surface area contributed by atoms with Crippen molar-refractivity contribution in [1.29, 1.82) is 0 Å². The van der Waals surface area contributed by atoms with E-state index in [1.165, 1.54) is 30.4 Å². The van der Waals surface area contributed by atoms with Gasteiger partial charge < -0.3 is 0 Å². The summed E-state index contributed by atoms with van der Waals surface area (Å²) in [6.07, 6.45) is 5.98. The minimum absolute atomic E-state index is 0.0144. The third kappa shape index (κ3) is 2.25. The lowest BCUT2D eigenvalue weighted by molar-refractivity contribution is 0.414. The highest BCUT2D eigenvalue weighted by Gasteiger charge is 2.26. The Balaban J connectivity index is 2.03. The fraction of sp³-hybridized carbons (Fsp3) is 0.438. The summed E-state index contributed by atoms with van der Waals surface area (Å²) in [6, 6.07) is 8.66. The Morgan fingerprint density at radius 3 is 2.60 bits per heavy atom. The maximum absolute atomic E-state index is 5.86. The van der Waals surface area contributed by atoms with Crippen LogP contribution in [-0.4, -0.2) is 9.78 Å². The van der Waals surface area contributed by atoms with Gasteiger partial charge in [-0.1, -0.05) is 30.7 Å². The highest BCUT2D eigenvalue weighted by Crippen LogP contribution is 2.40. The molecule has 1 aromatic carbocycles. The van der Waals surface area contributed by atoms with Crippen LogP contribution in [0.3, 0.4) is 0 Å². The van der Waals surface area contributed by atoms with Crippen molar-refractivity contribution in [3.05, 3.63) is 52.8 Å². The van der Waals surface area contributed by atoms with E-state index in [2.05, 4.69) is 41.0 Å². The van der Waals surface area contributed by atoms with Crippen molar-refractivity contribution in [3.8, 4) is 0 Å². The molecule has 0 spiro atoms. The van der Waals surface area contributed by atoms with Crippen molar-refractivity contribution >= 4 is 0 Å². The zero-order valence-electron chi connectivity index (χ0n) is 12.1. The highest BCUT2D eigenvalue weighted by molar-refractivity contribution is 5.40. The molecule has 1 aliphatic rings. The predicted octanol–water partition coefficient (Wildman–Crippen LogP) is 2.55.